The van der Waals surface area contributed by atoms with E-state index < -0.39 is 5.97 Å². The molecule has 1 aliphatic rings. The van der Waals surface area contributed by atoms with Gasteiger partial charge in [0.05, 0.1) is 11.6 Å². The van der Waals surface area contributed by atoms with Crippen molar-refractivity contribution in [2.45, 2.75) is 6.54 Å². The zero-order valence-electron chi connectivity index (χ0n) is 7.63. The summed E-state index contributed by atoms with van der Waals surface area (Å²) in [6, 6.07) is 0. The Morgan fingerprint density at radius 3 is 2.93 bits per heavy atom. The average molecular weight is 193 g/mol. The Morgan fingerprint density at radius 1 is 1.57 bits per heavy atom. The van der Waals surface area contributed by atoms with E-state index in [1.54, 1.807) is 18.6 Å². The summed E-state index contributed by atoms with van der Waals surface area (Å²) in [6.07, 6.45) is 4.97. The number of hydrogen-bond donors (Lipinski definition) is 1. The van der Waals surface area contributed by atoms with Crippen LogP contribution in [0, 0.1) is 5.92 Å². The Kier molecular flexibility index (Phi) is 2.41. The Labute approximate surface area is 81.4 Å². The van der Waals surface area contributed by atoms with Crippen LogP contribution in [0.2, 0.25) is 0 Å². The molecular weight excluding hydrogens is 182 g/mol. The van der Waals surface area contributed by atoms with Gasteiger partial charge in [0.2, 0.25) is 0 Å². The predicted molar refractivity (Wildman–Crippen MR) is 48.4 cm³/mol. The van der Waals surface area contributed by atoms with Gasteiger partial charge in [-0.25, -0.2) is 0 Å². The summed E-state index contributed by atoms with van der Waals surface area (Å²) in [4.78, 5) is 20.6. The minimum absolute atomic E-state index is 0.202. The Bertz CT molecular complexity index is 322. The SMILES string of the molecule is O=C(O)C1CN(Cc2cnccn2)C1. The molecule has 5 heteroatoms. The van der Waals surface area contributed by atoms with Gasteiger partial charge in [-0.15, -0.1) is 0 Å². The third kappa shape index (κ3) is 1.88. The first-order valence-electron chi connectivity index (χ1n) is 4.46. The molecule has 0 radical (unpaired) electrons. The molecule has 0 saturated carbocycles. The molecule has 1 aliphatic heterocycles. The van der Waals surface area contributed by atoms with Gasteiger partial charge in [-0.3, -0.25) is 19.7 Å². The van der Waals surface area contributed by atoms with Crippen LogP contribution in [0.15, 0.2) is 18.6 Å². The Morgan fingerprint density at radius 2 is 2.36 bits per heavy atom. The second kappa shape index (κ2) is 3.71. The van der Waals surface area contributed by atoms with Crippen LogP contribution in [0.4, 0.5) is 0 Å². The molecule has 1 aromatic rings. The fourth-order valence-corrected chi connectivity index (χ4v) is 1.50. The molecule has 2 rings (SSSR count). The van der Waals surface area contributed by atoms with Crippen LogP contribution in [0.1, 0.15) is 5.69 Å². The Hall–Kier alpha value is -1.49. The first-order valence-corrected chi connectivity index (χ1v) is 4.46. The molecule has 0 amide bonds. The molecule has 74 valence electrons. The van der Waals surface area contributed by atoms with Crippen molar-refractivity contribution >= 4 is 5.97 Å². The van der Waals surface area contributed by atoms with Crippen molar-refractivity contribution in [3.8, 4) is 0 Å². The van der Waals surface area contributed by atoms with Gasteiger partial charge in [0.1, 0.15) is 0 Å². The smallest absolute Gasteiger partial charge is 0.309 e. The van der Waals surface area contributed by atoms with Gasteiger partial charge >= 0.3 is 5.97 Å². The van der Waals surface area contributed by atoms with Crippen molar-refractivity contribution in [1.29, 1.82) is 0 Å². The van der Waals surface area contributed by atoms with E-state index in [0.29, 0.717) is 19.6 Å². The van der Waals surface area contributed by atoms with Crippen molar-refractivity contribution in [3.05, 3.63) is 24.3 Å². The predicted octanol–water partition coefficient (Wildman–Crippen LogP) is -0.00700. The molecule has 14 heavy (non-hydrogen) atoms. The standard InChI is InChI=1S/C9H11N3O2/c13-9(14)7-4-12(5-7)6-8-3-10-1-2-11-8/h1-3,7H,4-6H2,(H,13,14). The molecule has 0 aromatic carbocycles. The van der Waals surface area contributed by atoms with Crippen LogP contribution in [0.3, 0.4) is 0 Å². The summed E-state index contributed by atoms with van der Waals surface area (Å²) in [5.74, 6) is -0.910. The van der Waals surface area contributed by atoms with Crippen molar-refractivity contribution in [2.24, 2.45) is 5.92 Å². The fraction of sp³-hybridized carbons (Fsp3) is 0.444. The molecule has 1 N–H and O–H groups in total. The van der Waals surface area contributed by atoms with Gasteiger partial charge in [0, 0.05) is 38.2 Å². The summed E-state index contributed by atoms with van der Waals surface area (Å²) in [5.41, 5.74) is 0.885. The zero-order chi connectivity index (χ0) is 9.97. The Balaban J connectivity index is 1.82. The molecule has 1 aromatic heterocycles. The third-order valence-corrected chi connectivity index (χ3v) is 2.31. The normalized spacial score (nSPS) is 17.7. The molecule has 0 spiro atoms. The van der Waals surface area contributed by atoms with Crippen LogP contribution < -0.4 is 0 Å². The number of aliphatic carboxylic acids is 1. The van der Waals surface area contributed by atoms with Crippen LogP contribution >= 0.6 is 0 Å². The molecule has 0 unspecified atom stereocenters. The van der Waals surface area contributed by atoms with Crippen LogP contribution in [-0.2, 0) is 11.3 Å². The van der Waals surface area contributed by atoms with Crippen LogP contribution in [-0.4, -0.2) is 39.0 Å². The number of nitrogens with zero attached hydrogens (tertiary/aromatic N) is 3. The van der Waals surface area contributed by atoms with E-state index in [0.717, 1.165) is 5.69 Å². The fourth-order valence-electron chi connectivity index (χ4n) is 1.50. The van der Waals surface area contributed by atoms with E-state index in [9.17, 15) is 4.79 Å². The number of carbonyl (C=O) groups is 1. The molecule has 0 aliphatic carbocycles. The van der Waals surface area contributed by atoms with Gasteiger partial charge in [-0.1, -0.05) is 0 Å². The number of hydrogen-bond acceptors (Lipinski definition) is 4. The number of aromatic nitrogens is 2. The molecule has 0 atom stereocenters. The minimum atomic E-state index is -0.708. The maximum atomic E-state index is 10.5. The zero-order valence-corrected chi connectivity index (χ0v) is 7.63. The van der Waals surface area contributed by atoms with Gasteiger partial charge in [0.25, 0.3) is 0 Å². The van der Waals surface area contributed by atoms with Gasteiger partial charge in [-0.05, 0) is 0 Å². The highest BCUT2D eigenvalue weighted by molar-refractivity contribution is 5.71. The molecule has 5 nitrogen and oxygen atoms in total. The van der Waals surface area contributed by atoms with Crippen molar-refractivity contribution < 1.29 is 9.90 Å². The number of carboxylic acid groups (broad SMARTS) is 1. The molecule has 0 bridgehead atoms. The van der Waals surface area contributed by atoms with E-state index in [-0.39, 0.29) is 5.92 Å². The lowest BCUT2D eigenvalue weighted by atomic mass is 10.0. The van der Waals surface area contributed by atoms with Crippen molar-refractivity contribution in [2.75, 3.05) is 13.1 Å². The monoisotopic (exact) mass is 193 g/mol. The molecule has 1 saturated heterocycles. The number of likely N-dealkylation sites (tertiary alicyclic amines) is 1. The second-order valence-corrected chi connectivity index (χ2v) is 3.43. The van der Waals surface area contributed by atoms with Crippen LogP contribution in [0.5, 0.6) is 0 Å². The van der Waals surface area contributed by atoms with Crippen LogP contribution in [0.25, 0.3) is 0 Å². The molecular formula is C9H11N3O2. The lowest BCUT2D eigenvalue weighted by molar-refractivity contribution is -0.147. The summed E-state index contributed by atoms with van der Waals surface area (Å²) in [6.45, 7) is 1.93. The lowest BCUT2D eigenvalue weighted by Gasteiger charge is -2.36. The highest BCUT2D eigenvalue weighted by atomic mass is 16.4. The van der Waals surface area contributed by atoms with Gasteiger partial charge in [0.15, 0.2) is 0 Å². The van der Waals surface area contributed by atoms with Gasteiger partial charge in [-0.2, -0.15) is 0 Å². The first kappa shape index (κ1) is 9.08. The number of rotatable bonds is 3. The maximum absolute atomic E-state index is 10.5. The van der Waals surface area contributed by atoms with E-state index >= 15 is 0 Å². The average Bonchev–Trinajstić information content (AvgIpc) is 2.12. The second-order valence-electron chi connectivity index (χ2n) is 3.43. The third-order valence-electron chi connectivity index (χ3n) is 2.31. The van der Waals surface area contributed by atoms with E-state index in [1.807, 2.05) is 4.90 Å². The summed E-state index contributed by atoms with van der Waals surface area (Å²) >= 11 is 0. The molecule has 1 fully saturated rings. The first-order chi connectivity index (χ1) is 6.75. The largest absolute Gasteiger partial charge is 0.481 e. The lowest BCUT2D eigenvalue weighted by Crippen LogP contribution is -2.49. The topological polar surface area (TPSA) is 66.3 Å². The van der Waals surface area contributed by atoms with Gasteiger partial charge < -0.3 is 5.11 Å². The van der Waals surface area contributed by atoms with Crippen molar-refractivity contribution in [3.63, 3.8) is 0 Å². The van der Waals surface area contributed by atoms with E-state index in [2.05, 4.69) is 9.97 Å². The van der Waals surface area contributed by atoms with E-state index in [4.69, 9.17) is 5.11 Å². The summed E-state index contributed by atoms with van der Waals surface area (Å²) in [7, 11) is 0. The highest BCUT2D eigenvalue weighted by Gasteiger charge is 2.32. The summed E-state index contributed by atoms with van der Waals surface area (Å²) < 4.78 is 0. The van der Waals surface area contributed by atoms with Crippen molar-refractivity contribution in [1.82, 2.24) is 14.9 Å². The molecule has 2 heterocycles. The maximum Gasteiger partial charge on any atom is 0.309 e. The highest BCUT2D eigenvalue weighted by Crippen LogP contribution is 2.17. The summed E-state index contributed by atoms with van der Waals surface area (Å²) in [5, 5.41) is 8.66. The number of carboxylic acids is 1. The van der Waals surface area contributed by atoms with E-state index in [1.165, 1.54) is 0 Å². The quantitative estimate of drug-likeness (QED) is 0.731. The minimum Gasteiger partial charge on any atom is -0.481 e.